The zero-order chi connectivity index (χ0) is 21.6. The third kappa shape index (κ3) is 4.71. The summed E-state index contributed by atoms with van der Waals surface area (Å²) in [5, 5.41) is 2.05. The van der Waals surface area contributed by atoms with Gasteiger partial charge in [0.25, 0.3) is 5.91 Å². The molecule has 0 saturated carbocycles. The Morgan fingerprint density at radius 1 is 1.21 bits per heavy atom. The largest absolute Gasteiger partial charge is 0.476 e. The lowest BCUT2D eigenvalue weighted by Gasteiger charge is -2.34. The number of nitrogens with one attached hydrogen (secondary N) is 1. The minimum atomic E-state index is -4.70. The summed E-state index contributed by atoms with van der Waals surface area (Å²) in [5.41, 5.74) is -1.11. The van der Waals surface area contributed by atoms with E-state index in [9.17, 15) is 26.4 Å². The number of nitrogens with zero attached hydrogens (tertiary/aromatic N) is 1. The van der Waals surface area contributed by atoms with Crippen molar-refractivity contribution in [3.05, 3.63) is 52.0 Å². The highest BCUT2D eigenvalue weighted by Gasteiger charge is 2.36. The van der Waals surface area contributed by atoms with E-state index < -0.39 is 38.8 Å². The van der Waals surface area contributed by atoms with E-state index in [0.29, 0.717) is 6.07 Å². The fraction of sp³-hybridized carbons (Fsp3) is 0.235. The van der Waals surface area contributed by atoms with Gasteiger partial charge in [-0.15, -0.1) is 0 Å². The van der Waals surface area contributed by atoms with Crippen molar-refractivity contribution in [2.45, 2.75) is 12.3 Å². The van der Waals surface area contributed by atoms with Gasteiger partial charge in [0.05, 0.1) is 29.1 Å². The normalized spacial score (nSPS) is 16.8. The highest BCUT2D eigenvalue weighted by molar-refractivity contribution is 7.92. The molecule has 1 aliphatic rings. The molecule has 29 heavy (non-hydrogen) atoms. The van der Waals surface area contributed by atoms with Gasteiger partial charge in [-0.1, -0.05) is 23.2 Å². The summed E-state index contributed by atoms with van der Waals surface area (Å²) >= 11 is 11.5. The van der Waals surface area contributed by atoms with Crippen molar-refractivity contribution in [3.8, 4) is 5.75 Å². The van der Waals surface area contributed by atoms with Crippen molar-refractivity contribution in [3.63, 3.8) is 0 Å². The van der Waals surface area contributed by atoms with Crippen LogP contribution in [0.1, 0.15) is 5.56 Å². The molecule has 0 bridgehead atoms. The number of hydrogen-bond donors (Lipinski definition) is 1. The zero-order valence-corrected chi connectivity index (χ0v) is 17.0. The molecule has 156 valence electrons. The van der Waals surface area contributed by atoms with Crippen LogP contribution in [-0.4, -0.2) is 33.2 Å². The molecule has 0 saturated heterocycles. The van der Waals surface area contributed by atoms with E-state index in [1.165, 1.54) is 24.3 Å². The Hall–Kier alpha value is -2.17. The third-order valence-electron chi connectivity index (χ3n) is 4.02. The molecule has 2 aromatic carbocycles. The molecule has 0 aromatic heterocycles. The van der Waals surface area contributed by atoms with Gasteiger partial charge < -0.3 is 10.1 Å². The summed E-state index contributed by atoms with van der Waals surface area (Å²) in [6.45, 7) is -0.377. The maximum atomic E-state index is 13.0. The maximum absolute atomic E-state index is 13.0. The van der Waals surface area contributed by atoms with Crippen LogP contribution in [0, 0.1) is 0 Å². The first-order chi connectivity index (χ1) is 13.4. The second-order valence-electron chi connectivity index (χ2n) is 6.19. The van der Waals surface area contributed by atoms with E-state index in [0.717, 1.165) is 16.6 Å². The molecule has 1 N–H and O–H groups in total. The van der Waals surface area contributed by atoms with E-state index >= 15 is 0 Å². The van der Waals surface area contributed by atoms with Gasteiger partial charge >= 0.3 is 6.18 Å². The maximum Gasteiger partial charge on any atom is 0.417 e. The van der Waals surface area contributed by atoms with Crippen LogP contribution >= 0.6 is 23.2 Å². The topological polar surface area (TPSA) is 75.7 Å². The molecule has 6 nitrogen and oxygen atoms in total. The van der Waals surface area contributed by atoms with Crippen LogP contribution in [0.2, 0.25) is 10.0 Å². The molecule has 3 rings (SSSR count). The van der Waals surface area contributed by atoms with Crippen LogP contribution in [0.25, 0.3) is 0 Å². The van der Waals surface area contributed by atoms with E-state index in [4.69, 9.17) is 27.9 Å². The average Bonchev–Trinajstić information content (AvgIpc) is 2.60. The molecule has 0 spiro atoms. The summed E-state index contributed by atoms with van der Waals surface area (Å²) in [6.07, 6.45) is -5.06. The van der Waals surface area contributed by atoms with Gasteiger partial charge in [-0.05, 0) is 36.4 Å². The van der Waals surface area contributed by atoms with E-state index in [1.54, 1.807) is 0 Å². The molecule has 0 aliphatic carbocycles. The van der Waals surface area contributed by atoms with E-state index in [-0.39, 0.29) is 28.7 Å². The molecular weight excluding hydrogens is 456 g/mol. The number of fused-ring (bicyclic) bond motifs is 1. The predicted molar refractivity (Wildman–Crippen MR) is 103 cm³/mol. The predicted octanol–water partition coefficient (Wildman–Crippen LogP) is 4.18. The molecule has 0 fully saturated rings. The van der Waals surface area contributed by atoms with Crippen LogP contribution in [-0.2, 0) is 21.0 Å². The van der Waals surface area contributed by atoms with Crippen LogP contribution in [0.15, 0.2) is 36.4 Å². The molecule has 0 unspecified atom stereocenters. The number of halogens is 5. The highest BCUT2D eigenvalue weighted by Crippen LogP contribution is 2.38. The SMILES string of the molecule is CS(=O)(=O)N1C[C@H](C(=O)Nc2ccc(Cl)c(C(F)(F)F)c2)Oc2ccc(Cl)cc21. The van der Waals surface area contributed by atoms with E-state index in [1.807, 2.05) is 0 Å². The number of rotatable bonds is 3. The van der Waals surface area contributed by atoms with Gasteiger partial charge in [-0.2, -0.15) is 13.2 Å². The lowest BCUT2D eigenvalue weighted by molar-refractivity contribution is -0.137. The summed E-state index contributed by atoms with van der Waals surface area (Å²) in [4.78, 5) is 12.6. The average molecular weight is 469 g/mol. The minimum absolute atomic E-state index is 0.0957. The Bertz CT molecular complexity index is 1080. The lowest BCUT2D eigenvalue weighted by Crippen LogP contribution is -2.48. The Labute approximate surface area is 174 Å². The highest BCUT2D eigenvalue weighted by atomic mass is 35.5. The third-order valence-corrected chi connectivity index (χ3v) is 5.73. The van der Waals surface area contributed by atoms with Crippen molar-refractivity contribution in [1.29, 1.82) is 0 Å². The number of amides is 1. The molecule has 1 amide bonds. The number of hydrogen-bond acceptors (Lipinski definition) is 4. The van der Waals surface area contributed by atoms with Crippen molar-refractivity contribution >= 4 is 50.5 Å². The quantitative estimate of drug-likeness (QED) is 0.732. The lowest BCUT2D eigenvalue weighted by atomic mass is 10.1. The summed E-state index contributed by atoms with van der Waals surface area (Å²) in [5.74, 6) is -0.729. The molecule has 0 radical (unpaired) electrons. The van der Waals surface area contributed by atoms with Gasteiger partial charge in [-0.3, -0.25) is 9.10 Å². The first-order valence-electron chi connectivity index (χ1n) is 7.98. The summed E-state index contributed by atoms with van der Waals surface area (Å²) in [6, 6.07) is 7.11. The van der Waals surface area contributed by atoms with Crippen LogP contribution in [0.5, 0.6) is 5.75 Å². The summed E-state index contributed by atoms with van der Waals surface area (Å²) < 4.78 is 69.7. The first kappa shape index (κ1) is 21.5. The molecule has 1 atom stereocenters. The Morgan fingerprint density at radius 3 is 2.52 bits per heavy atom. The van der Waals surface area contributed by atoms with Crippen molar-refractivity contribution < 1.29 is 31.1 Å². The summed E-state index contributed by atoms with van der Waals surface area (Å²) in [7, 11) is -3.78. The second kappa shape index (κ2) is 7.58. The van der Waals surface area contributed by atoms with Gasteiger partial charge in [0.2, 0.25) is 10.0 Å². The Kier molecular flexibility index (Phi) is 5.63. The molecular formula is C17H13Cl2F3N2O4S. The molecule has 1 heterocycles. The van der Waals surface area contributed by atoms with Crippen LogP contribution < -0.4 is 14.4 Å². The first-order valence-corrected chi connectivity index (χ1v) is 10.6. The van der Waals surface area contributed by atoms with Gasteiger partial charge in [-0.25, -0.2) is 8.42 Å². The van der Waals surface area contributed by atoms with Crippen molar-refractivity contribution in [2.24, 2.45) is 0 Å². The number of carbonyl (C=O) groups is 1. The van der Waals surface area contributed by atoms with Crippen LogP contribution in [0.4, 0.5) is 24.5 Å². The number of sulfonamides is 1. The number of anilines is 2. The fourth-order valence-corrected chi connectivity index (χ4v) is 4.02. The van der Waals surface area contributed by atoms with Gasteiger partial charge in [0.1, 0.15) is 5.75 Å². The number of ether oxygens (including phenoxy) is 1. The smallest absolute Gasteiger partial charge is 0.417 e. The van der Waals surface area contributed by atoms with Gasteiger partial charge in [0.15, 0.2) is 6.10 Å². The number of carbonyl (C=O) groups excluding carboxylic acids is 1. The standard InChI is InChI=1S/C17H13Cl2F3N2O4S/c1-29(26,27)24-8-15(28-14-5-2-9(18)6-13(14)24)16(25)23-10-3-4-12(19)11(7-10)17(20,21)22/h2-7,15H,8H2,1H3,(H,23,25)/t15-/m1/s1. The zero-order valence-electron chi connectivity index (χ0n) is 14.6. The van der Waals surface area contributed by atoms with Crippen LogP contribution in [0.3, 0.4) is 0 Å². The van der Waals surface area contributed by atoms with Crippen molar-refractivity contribution in [2.75, 3.05) is 22.4 Å². The Morgan fingerprint density at radius 2 is 1.90 bits per heavy atom. The number of benzene rings is 2. The van der Waals surface area contributed by atoms with Crippen molar-refractivity contribution in [1.82, 2.24) is 0 Å². The molecule has 12 heteroatoms. The molecule has 1 aliphatic heterocycles. The Balaban J connectivity index is 1.88. The monoisotopic (exact) mass is 468 g/mol. The molecule has 2 aromatic rings. The van der Waals surface area contributed by atoms with Gasteiger partial charge in [0, 0.05) is 10.7 Å². The second-order valence-corrected chi connectivity index (χ2v) is 8.94. The van der Waals surface area contributed by atoms with E-state index in [2.05, 4.69) is 5.32 Å². The number of alkyl halides is 3. The fourth-order valence-electron chi connectivity index (χ4n) is 2.72. The minimum Gasteiger partial charge on any atom is -0.476 e.